The van der Waals surface area contributed by atoms with Crippen LogP contribution in [0.4, 0.5) is 4.79 Å². The molecule has 5 nitrogen and oxygen atoms in total. The van der Waals surface area contributed by atoms with Crippen LogP contribution >= 0.6 is 0 Å². The third kappa shape index (κ3) is 3.32. The van der Waals surface area contributed by atoms with Crippen molar-refractivity contribution in [2.75, 3.05) is 26.2 Å². The number of likely N-dealkylation sites (tertiary alicyclic amines) is 2. The molecule has 0 spiro atoms. The highest BCUT2D eigenvalue weighted by Crippen LogP contribution is 2.42. The van der Waals surface area contributed by atoms with E-state index >= 15 is 0 Å². The fourth-order valence-corrected chi connectivity index (χ4v) is 5.41. The summed E-state index contributed by atoms with van der Waals surface area (Å²) in [5.74, 6) is 0.575. The summed E-state index contributed by atoms with van der Waals surface area (Å²) >= 11 is 0. The van der Waals surface area contributed by atoms with E-state index in [1.54, 1.807) is 0 Å². The number of ether oxygens (including phenoxy) is 1. The molecule has 1 aromatic carbocycles. The van der Waals surface area contributed by atoms with Gasteiger partial charge in [-0.25, -0.2) is 4.79 Å². The van der Waals surface area contributed by atoms with Crippen LogP contribution in [0.5, 0.6) is 0 Å². The lowest BCUT2D eigenvalue weighted by atomic mass is 9.69. The van der Waals surface area contributed by atoms with Gasteiger partial charge in [0, 0.05) is 25.7 Å². The van der Waals surface area contributed by atoms with Crippen LogP contribution in [-0.2, 0) is 10.2 Å². The zero-order valence-corrected chi connectivity index (χ0v) is 16.1. The molecule has 27 heavy (non-hydrogen) atoms. The van der Waals surface area contributed by atoms with Gasteiger partial charge in [-0.1, -0.05) is 30.3 Å². The van der Waals surface area contributed by atoms with E-state index in [0.29, 0.717) is 24.6 Å². The lowest BCUT2D eigenvalue weighted by Crippen LogP contribution is -2.44. The molecule has 2 saturated heterocycles. The van der Waals surface area contributed by atoms with E-state index < -0.39 is 0 Å². The van der Waals surface area contributed by atoms with Crippen LogP contribution in [0, 0.1) is 17.2 Å². The molecule has 0 N–H and O–H groups in total. The molecule has 3 aliphatic rings. The van der Waals surface area contributed by atoms with Crippen molar-refractivity contribution in [2.45, 2.75) is 56.5 Å². The van der Waals surface area contributed by atoms with Gasteiger partial charge in [-0.15, -0.1) is 0 Å². The molecule has 2 heterocycles. The Morgan fingerprint density at radius 3 is 2.63 bits per heavy atom. The number of nitrogens with zero attached hydrogens (tertiary/aromatic N) is 3. The van der Waals surface area contributed by atoms with Gasteiger partial charge in [-0.3, -0.25) is 4.90 Å². The Bertz CT molecular complexity index is 706. The van der Waals surface area contributed by atoms with Gasteiger partial charge in [0.15, 0.2) is 0 Å². The van der Waals surface area contributed by atoms with Crippen molar-refractivity contribution in [1.29, 1.82) is 5.26 Å². The average molecular weight is 367 g/mol. The van der Waals surface area contributed by atoms with Crippen molar-refractivity contribution in [1.82, 2.24) is 9.80 Å². The summed E-state index contributed by atoms with van der Waals surface area (Å²) in [5.41, 5.74) is 0.836. The van der Waals surface area contributed by atoms with E-state index in [-0.39, 0.29) is 11.5 Å². The number of rotatable bonds is 3. The summed E-state index contributed by atoms with van der Waals surface area (Å²) < 4.78 is 5.24. The largest absolute Gasteiger partial charge is 0.450 e. The molecular formula is C22H29N3O2. The molecule has 0 bridgehead atoms. The van der Waals surface area contributed by atoms with Gasteiger partial charge in [0.1, 0.15) is 0 Å². The van der Waals surface area contributed by atoms with E-state index in [2.05, 4.69) is 23.1 Å². The highest BCUT2D eigenvalue weighted by molar-refractivity contribution is 5.68. The maximum absolute atomic E-state index is 12.2. The smallest absolute Gasteiger partial charge is 0.410 e. The molecule has 2 atom stereocenters. The number of fused-ring (bicyclic) bond motifs is 1. The van der Waals surface area contributed by atoms with E-state index in [1.165, 1.54) is 0 Å². The maximum atomic E-state index is 12.2. The fourth-order valence-electron chi connectivity index (χ4n) is 5.41. The number of benzene rings is 1. The van der Waals surface area contributed by atoms with Crippen molar-refractivity contribution in [3.63, 3.8) is 0 Å². The molecule has 0 radical (unpaired) electrons. The van der Waals surface area contributed by atoms with Crippen LogP contribution < -0.4 is 0 Å². The number of hydrogen-bond acceptors (Lipinski definition) is 4. The molecule has 144 valence electrons. The Labute approximate surface area is 161 Å². The van der Waals surface area contributed by atoms with Crippen molar-refractivity contribution < 1.29 is 9.53 Å². The van der Waals surface area contributed by atoms with Gasteiger partial charge in [-0.05, 0) is 50.5 Å². The number of amides is 1. The van der Waals surface area contributed by atoms with E-state index in [9.17, 15) is 10.1 Å². The minimum Gasteiger partial charge on any atom is -0.450 e. The topological polar surface area (TPSA) is 56.6 Å². The van der Waals surface area contributed by atoms with Crippen molar-refractivity contribution >= 4 is 6.09 Å². The first kappa shape index (κ1) is 18.3. The fraction of sp³-hybridized carbons (Fsp3) is 0.636. The quantitative estimate of drug-likeness (QED) is 0.820. The normalized spacial score (nSPS) is 33.5. The first-order valence-corrected chi connectivity index (χ1v) is 10.3. The Balaban J connectivity index is 1.39. The first-order valence-electron chi connectivity index (χ1n) is 10.3. The van der Waals surface area contributed by atoms with Crippen molar-refractivity contribution in [2.24, 2.45) is 5.92 Å². The first-order chi connectivity index (χ1) is 13.2. The maximum Gasteiger partial charge on any atom is 0.410 e. The van der Waals surface area contributed by atoms with Gasteiger partial charge in [0.2, 0.25) is 0 Å². The molecule has 2 unspecified atom stereocenters. The Morgan fingerprint density at radius 1 is 1.22 bits per heavy atom. The molecule has 5 heteroatoms. The van der Waals surface area contributed by atoms with Crippen LogP contribution in [0.15, 0.2) is 30.3 Å². The molecule has 1 saturated carbocycles. The standard InChI is InChI=1S/C22H29N3O2/c1-2-27-21(26)25-13-10-17-14-24(15-20(17)25)19-8-11-22(16-23,12-9-19)18-6-4-3-5-7-18/h3-7,17,19-20H,2,8-15H2,1H3. The van der Waals surface area contributed by atoms with Crippen LogP contribution in [0.25, 0.3) is 0 Å². The van der Waals surface area contributed by atoms with E-state index in [1.807, 2.05) is 30.0 Å². The molecule has 0 aromatic heterocycles. The summed E-state index contributed by atoms with van der Waals surface area (Å²) in [6.07, 6.45) is 4.89. The Kier molecular flexibility index (Phi) is 5.10. The van der Waals surface area contributed by atoms with Gasteiger partial charge in [0.25, 0.3) is 0 Å². The highest BCUT2D eigenvalue weighted by Gasteiger charge is 2.47. The number of hydrogen-bond donors (Lipinski definition) is 0. The lowest BCUT2D eigenvalue weighted by molar-refractivity contribution is 0.0955. The SMILES string of the molecule is CCOC(=O)N1CCC2CN(C3CCC(C#N)(c4ccccc4)CC3)CC21. The molecular weight excluding hydrogens is 338 g/mol. The second-order valence-electron chi connectivity index (χ2n) is 8.25. The average Bonchev–Trinajstić information content (AvgIpc) is 3.30. The van der Waals surface area contributed by atoms with E-state index in [0.717, 1.165) is 57.3 Å². The van der Waals surface area contributed by atoms with Gasteiger partial charge in [0.05, 0.1) is 24.1 Å². The van der Waals surface area contributed by atoms with Crippen molar-refractivity contribution in [3.05, 3.63) is 35.9 Å². The van der Waals surface area contributed by atoms with Gasteiger partial charge in [-0.2, -0.15) is 5.26 Å². The predicted octanol–water partition coefficient (Wildman–Crippen LogP) is 3.55. The number of carbonyl (C=O) groups is 1. The summed E-state index contributed by atoms with van der Waals surface area (Å²) in [4.78, 5) is 16.7. The number of nitriles is 1. The molecule has 3 fully saturated rings. The van der Waals surface area contributed by atoms with E-state index in [4.69, 9.17) is 4.74 Å². The van der Waals surface area contributed by atoms with Crippen LogP contribution in [0.1, 0.15) is 44.6 Å². The zero-order valence-electron chi connectivity index (χ0n) is 16.1. The molecule has 1 amide bonds. The summed E-state index contributed by atoms with van der Waals surface area (Å²) in [6, 6.07) is 13.7. The predicted molar refractivity (Wildman–Crippen MR) is 103 cm³/mol. The lowest BCUT2D eigenvalue weighted by Gasteiger charge is -2.39. The molecule has 1 aromatic rings. The second-order valence-corrected chi connectivity index (χ2v) is 8.25. The minimum absolute atomic E-state index is 0.150. The molecule has 2 aliphatic heterocycles. The summed E-state index contributed by atoms with van der Waals surface area (Å²) in [6.45, 7) is 5.17. The van der Waals surface area contributed by atoms with Crippen LogP contribution in [-0.4, -0.2) is 54.2 Å². The summed E-state index contributed by atoms with van der Waals surface area (Å²) in [5, 5.41) is 9.90. The van der Waals surface area contributed by atoms with Gasteiger partial charge >= 0.3 is 6.09 Å². The number of carbonyl (C=O) groups excluding carboxylic acids is 1. The van der Waals surface area contributed by atoms with Gasteiger partial charge < -0.3 is 9.64 Å². The van der Waals surface area contributed by atoms with Crippen LogP contribution in [0.3, 0.4) is 0 Å². The summed E-state index contributed by atoms with van der Waals surface area (Å²) in [7, 11) is 0. The minimum atomic E-state index is -0.329. The Hall–Kier alpha value is -2.06. The highest BCUT2D eigenvalue weighted by atomic mass is 16.6. The monoisotopic (exact) mass is 367 g/mol. The molecule has 4 rings (SSSR count). The zero-order chi connectivity index (χ0) is 18.9. The molecule has 1 aliphatic carbocycles. The van der Waals surface area contributed by atoms with Crippen LogP contribution in [0.2, 0.25) is 0 Å². The Morgan fingerprint density at radius 2 is 1.96 bits per heavy atom. The van der Waals surface area contributed by atoms with Crippen molar-refractivity contribution in [3.8, 4) is 6.07 Å². The third-order valence-electron chi connectivity index (χ3n) is 6.94. The third-order valence-corrected chi connectivity index (χ3v) is 6.94. The second kappa shape index (κ2) is 7.52.